The Bertz CT molecular complexity index is 1980. The van der Waals surface area contributed by atoms with Crippen LogP contribution in [0.3, 0.4) is 0 Å². The van der Waals surface area contributed by atoms with Crippen molar-refractivity contribution in [2.45, 2.75) is 46.1 Å². The first-order valence-electron chi connectivity index (χ1n) is 14.9. The number of benzene rings is 5. The zero-order chi connectivity index (χ0) is 32.0. The number of aromatic carboxylic acids is 1. The highest BCUT2D eigenvalue weighted by molar-refractivity contribution is 5.88. The summed E-state index contributed by atoms with van der Waals surface area (Å²) in [6.07, 6.45) is 0.305. The molecular formula is C38H34NO6-. The third-order valence-corrected chi connectivity index (χ3v) is 8.66. The van der Waals surface area contributed by atoms with Crippen LogP contribution in [-0.2, 0) is 32.2 Å². The molecule has 0 saturated carbocycles. The molecule has 5 aromatic carbocycles. The minimum absolute atomic E-state index is 0.00662. The van der Waals surface area contributed by atoms with Gasteiger partial charge in [0.15, 0.2) is 0 Å². The van der Waals surface area contributed by atoms with Crippen LogP contribution in [-0.4, -0.2) is 21.3 Å². The lowest BCUT2D eigenvalue weighted by molar-refractivity contribution is -0.386. The minimum atomic E-state index is -1.18. The van der Waals surface area contributed by atoms with E-state index in [1.54, 1.807) is 6.07 Å². The summed E-state index contributed by atoms with van der Waals surface area (Å²) >= 11 is 0. The molecule has 0 radical (unpaired) electrons. The molecule has 7 nitrogen and oxygen atoms in total. The predicted octanol–water partition coefficient (Wildman–Crippen LogP) is 4.65. The second-order valence-corrected chi connectivity index (χ2v) is 12.1. The van der Waals surface area contributed by atoms with Gasteiger partial charge >= 0.3 is 5.97 Å². The fourth-order valence-corrected chi connectivity index (χ4v) is 6.42. The number of phenols is 2. The zero-order valence-electron chi connectivity index (χ0n) is 25.2. The van der Waals surface area contributed by atoms with Crippen molar-refractivity contribution in [2.75, 3.05) is 0 Å². The van der Waals surface area contributed by atoms with Crippen molar-refractivity contribution in [1.29, 1.82) is 0 Å². The Morgan fingerprint density at radius 1 is 0.622 bits per heavy atom. The number of carboxylic acids is 1. The first kappa shape index (κ1) is 29.8. The quantitative estimate of drug-likeness (QED) is 0.232. The predicted molar refractivity (Wildman–Crippen MR) is 168 cm³/mol. The van der Waals surface area contributed by atoms with E-state index in [9.17, 15) is 30.3 Å². The topological polar surface area (TPSA) is 152 Å². The minimum Gasteiger partial charge on any atom is -0.872 e. The monoisotopic (exact) mass is 600 g/mol. The van der Waals surface area contributed by atoms with E-state index in [4.69, 9.17) is 0 Å². The van der Waals surface area contributed by atoms with Crippen LogP contribution in [0, 0.1) is 13.8 Å². The van der Waals surface area contributed by atoms with Crippen molar-refractivity contribution in [2.24, 2.45) is 0 Å². The molecule has 8 bridgehead atoms. The number of rotatable bonds is 3. The largest absolute Gasteiger partial charge is 0.872 e. The summed E-state index contributed by atoms with van der Waals surface area (Å²) in [7, 11) is 0. The van der Waals surface area contributed by atoms with E-state index < -0.39 is 5.97 Å². The van der Waals surface area contributed by atoms with Crippen molar-refractivity contribution in [3.05, 3.63) is 140 Å². The molecule has 0 aromatic heterocycles. The molecular weight excluding hydrogens is 566 g/mol. The summed E-state index contributed by atoms with van der Waals surface area (Å²) in [5, 5.41) is 60.6. The van der Waals surface area contributed by atoms with E-state index in [-0.39, 0.29) is 65.4 Å². The number of hydrogen-bond acceptors (Lipinski definition) is 5. The van der Waals surface area contributed by atoms with Crippen molar-refractivity contribution >= 4 is 5.97 Å². The van der Waals surface area contributed by atoms with Gasteiger partial charge in [-0.05, 0) is 71.5 Å². The highest BCUT2D eigenvalue weighted by Crippen LogP contribution is 2.39. The third kappa shape index (κ3) is 5.82. The lowest BCUT2D eigenvalue weighted by Gasteiger charge is -2.25. The molecule has 0 unspecified atom stereocenters. The van der Waals surface area contributed by atoms with Gasteiger partial charge in [-0.15, -0.1) is 11.5 Å². The van der Waals surface area contributed by atoms with Gasteiger partial charge in [0.1, 0.15) is 11.5 Å². The molecule has 6 rings (SSSR count). The number of aryl methyl sites for hydroxylation is 2. The average molecular weight is 601 g/mol. The summed E-state index contributed by atoms with van der Waals surface area (Å²) in [5.74, 6) is -1.73. The molecule has 1 aliphatic carbocycles. The number of quaternary nitrogens is 1. The molecule has 0 amide bonds. The van der Waals surface area contributed by atoms with Crippen LogP contribution in [0.2, 0.25) is 0 Å². The van der Waals surface area contributed by atoms with Gasteiger partial charge in [0.2, 0.25) is 0 Å². The Morgan fingerprint density at radius 3 is 1.40 bits per heavy atom. The first-order chi connectivity index (χ1) is 21.5. The van der Waals surface area contributed by atoms with Crippen LogP contribution < -0.4 is 15.9 Å². The van der Waals surface area contributed by atoms with Crippen LogP contribution in [0.1, 0.15) is 71.6 Å². The summed E-state index contributed by atoms with van der Waals surface area (Å²) < 4.78 is 0. The number of phenolic OH excluding ortho intramolecular Hbond substituents is 2. The van der Waals surface area contributed by atoms with E-state index in [0.29, 0.717) is 39.9 Å². The van der Waals surface area contributed by atoms with Crippen LogP contribution in [0.15, 0.2) is 72.8 Å². The van der Waals surface area contributed by atoms with Gasteiger partial charge in [-0.1, -0.05) is 81.9 Å². The van der Waals surface area contributed by atoms with Gasteiger partial charge in [0, 0.05) is 31.2 Å². The number of carboxylic acid groups (broad SMARTS) is 1. The maximum atomic E-state index is 13.9. The molecule has 7 heteroatoms. The molecule has 0 aliphatic heterocycles. The number of carbonyl (C=O) groups is 1. The Morgan fingerprint density at radius 2 is 1.00 bits per heavy atom. The van der Waals surface area contributed by atoms with Gasteiger partial charge < -0.3 is 31.3 Å². The highest BCUT2D eigenvalue weighted by atomic mass is 16.4. The van der Waals surface area contributed by atoms with Crippen molar-refractivity contribution < 1.29 is 36.1 Å². The van der Waals surface area contributed by atoms with E-state index in [2.05, 4.69) is 5.73 Å². The molecule has 0 spiro atoms. The highest BCUT2D eigenvalue weighted by Gasteiger charge is 2.19. The standard InChI is InChI=1S/C38H35NO6/c1-20-7-25-13-26-8-21(2)10-28(35(26)41)15-31-17-33(38(44)45)18-32(37(31)43)16-30-12-24(23-5-3-22(19-39)4-6-23)11-29(36(30)42)14-27(9-20)34(25)40/h3-12,17-18,40-43H,13-16,19,39H2,1-2H3,(H,44,45)/p-1. The molecule has 5 aromatic rings. The van der Waals surface area contributed by atoms with Crippen molar-refractivity contribution in [3.63, 3.8) is 0 Å². The Kier molecular flexibility index (Phi) is 7.73. The lowest BCUT2D eigenvalue weighted by atomic mass is 9.88. The van der Waals surface area contributed by atoms with E-state index in [1.165, 1.54) is 12.1 Å². The number of fused-ring (bicyclic) bond motifs is 8. The van der Waals surface area contributed by atoms with Gasteiger partial charge in [0.05, 0.1) is 12.1 Å². The van der Waals surface area contributed by atoms with Crippen molar-refractivity contribution in [1.82, 2.24) is 0 Å². The third-order valence-electron chi connectivity index (χ3n) is 8.66. The summed E-state index contributed by atoms with van der Waals surface area (Å²) in [6.45, 7) is 4.44. The first-order valence-corrected chi connectivity index (χ1v) is 14.9. The van der Waals surface area contributed by atoms with Gasteiger partial charge in [-0.2, -0.15) is 0 Å². The smallest absolute Gasteiger partial charge is 0.335 e. The van der Waals surface area contributed by atoms with E-state index >= 15 is 0 Å². The zero-order valence-corrected chi connectivity index (χ0v) is 25.2. The summed E-state index contributed by atoms with van der Waals surface area (Å²) in [6, 6.07) is 21.5. The van der Waals surface area contributed by atoms with Gasteiger partial charge in [0.25, 0.3) is 0 Å². The van der Waals surface area contributed by atoms with Crippen LogP contribution >= 0.6 is 0 Å². The molecule has 0 heterocycles. The maximum absolute atomic E-state index is 13.9. The normalized spacial score (nSPS) is 12.6. The number of hydrogen-bond donors (Lipinski definition) is 4. The molecule has 228 valence electrons. The second kappa shape index (κ2) is 11.7. The molecule has 0 saturated heterocycles. The van der Waals surface area contributed by atoms with Gasteiger partial charge in [-0.3, -0.25) is 0 Å². The Balaban J connectivity index is 1.62. The average Bonchev–Trinajstić information content (AvgIpc) is 3.00. The van der Waals surface area contributed by atoms with Crippen molar-refractivity contribution in [3.8, 4) is 34.1 Å². The number of aromatic hydroxyl groups is 2. The molecule has 6 N–H and O–H groups in total. The Labute approximate surface area is 261 Å². The molecule has 1 aliphatic rings. The molecule has 0 fully saturated rings. The van der Waals surface area contributed by atoms with E-state index in [0.717, 1.165) is 27.8 Å². The maximum Gasteiger partial charge on any atom is 0.335 e. The molecule has 45 heavy (non-hydrogen) atoms. The van der Waals surface area contributed by atoms with Crippen LogP contribution in [0.25, 0.3) is 11.1 Å². The summed E-state index contributed by atoms with van der Waals surface area (Å²) in [4.78, 5) is 12.2. The molecule has 0 atom stereocenters. The van der Waals surface area contributed by atoms with Gasteiger partial charge in [-0.25, -0.2) is 4.79 Å². The Hall–Kier alpha value is -5.27. The fraction of sp³-hybridized carbons (Fsp3) is 0.184. The van der Waals surface area contributed by atoms with Crippen LogP contribution in [0.4, 0.5) is 0 Å². The lowest BCUT2D eigenvalue weighted by Crippen LogP contribution is -2.47. The second-order valence-electron chi connectivity index (χ2n) is 12.1. The SMILES string of the molecule is Cc1cc2c([O-])c(c1)Cc1cc(-c3ccc(C[NH3+])cc3)cc(c1O)Cc1cc(C(=O)O)cc(c1[O-])Cc1cc(C)cc(c1O)C2. The fourth-order valence-electron chi connectivity index (χ4n) is 6.42. The van der Waals surface area contributed by atoms with E-state index in [1.807, 2.05) is 68.4 Å². The summed E-state index contributed by atoms with van der Waals surface area (Å²) in [5.41, 5.74) is 11.9. The van der Waals surface area contributed by atoms with Crippen LogP contribution in [0.5, 0.6) is 23.0 Å².